The highest BCUT2D eigenvalue weighted by molar-refractivity contribution is 9.10. The summed E-state index contributed by atoms with van der Waals surface area (Å²) in [6, 6.07) is 4.79. The monoisotopic (exact) mass is 475 g/mol. The Morgan fingerprint density at radius 1 is 1.18 bits per heavy atom. The molecule has 2 atom stereocenters. The summed E-state index contributed by atoms with van der Waals surface area (Å²) in [5.74, 6) is -3.63. The van der Waals surface area contributed by atoms with E-state index in [0.29, 0.717) is 0 Å². The maximum Gasteiger partial charge on any atom is 0.323 e. The molecular formula is C17H22BrN3O6S. The van der Waals surface area contributed by atoms with Crippen molar-refractivity contribution >= 4 is 52.3 Å². The predicted molar refractivity (Wildman–Crippen MR) is 108 cm³/mol. The van der Waals surface area contributed by atoms with Crippen LogP contribution in [0.4, 0.5) is 0 Å². The van der Waals surface area contributed by atoms with Crippen molar-refractivity contribution in [2.45, 2.75) is 31.5 Å². The molecule has 2 unspecified atom stereocenters. The molecule has 5 N–H and O–H groups in total. The van der Waals surface area contributed by atoms with Gasteiger partial charge in [0, 0.05) is 23.2 Å². The summed E-state index contributed by atoms with van der Waals surface area (Å²) in [4.78, 5) is 47.7. The van der Waals surface area contributed by atoms with Crippen LogP contribution in [-0.2, 0) is 25.7 Å². The molecule has 0 aliphatic heterocycles. The molecule has 0 aliphatic carbocycles. The highest BCUT2D eigenvalue weighted by atomic mass is 79.9. The van der Waals surface area contributed by atoms with E-state index in [1.54, 1.807) is 24.3 Å². The fourth-order valence-corrected chi connectivity index (χ4v) is 2.78. The second-order valence-corrected chi connectivity index (χ2v) is 7.28. The zero-order chi connectivity index (χ0) is 21.3. The molecule has 0 saturated heterocycles. The molecule has 0 aliphatic rings. The lowest BCUT2D eigenvalue weighted by molar-refractivity contribution is -0.146. The van der Waals surface area contributed by atoms with Crippen molar-refractivity contribution in [3.8, 4) is 0 Å². The summed E-state index contributed by atoms with van der Waals surface area (Å²) in [5.41, 5.74) is 6.07. The zero-order valence-corrected chi connectivity index (χ0v) is 17.4. The standard InChI is InChI=1S/C17H22BrN3O6S/c18-11-3-1-10(2-4-11)7-21(8-15(23)24)16(25)13(9-28)20-14(22)6-5-12(19)17(26)27/h1-4,12-13,28H,5-9,19H2,(H,20,22)(H,23,24)(H,26,27). The summed E-state index contributed by atoms with van der Waals surface area (Å²) in [6.45, 7) is -0.499. The Morgan fingerprint density at radius 2 is 1.79 bits per heavy atom. The topological polar surface area (TPSA) is 150 Å². The Labute approximate surface area is 175 Å². The second kappa shape index (κ2) is 11.7. The van der Waals surface area contributed by atoms with E-state index in [4.69, 9.17) is 15.9 Å². The van der Waals surface area contributed by atoms with Gasteiger partial charge in [0.1, 0.15) is 18.6 Å². The lowest BCUT2D eigenvalue weighted by atomic mass is 10.1. The highest BCUT2D eigenvalue weighted by Crippen LogP contribution is 2.13. The first-order chi connectivity index (χ1) is 13.1. The quantitative estimate of drug-likeness (QED) is 0.292. The average molecular weight is 476 g/mol. The molecule has 11 heteroatoms. The third kappa shape index (κ3) is 8.28. The van der Waals surface area contributed by atoms with Crippen LogP contribution in [0.2, 0.25) is 0 Å². The van der Waals surface area contributed by atoms with Gasteiger partial charge >= 0.3 is 11.9 Å². The number of hydrogen-bond donors (Lipinski definition) is 5. The van der Waals surface area contributed by atoms with Crippen LogP contribution >= 0.6 is 28.6 Å². The molecule has 1 aromatic carbocycles. The minimum absolute atomic E-state index is 0.0441. The van der Waals surface area contributed by atoms with Crippen LogP contribution in [0.25, 0.3) is 0 Å². The van der Waals surface area contributed by atoms with E-state index in [0.717, 1.165) is 14.9 Å². The Morgan fingerprint density at radius 3 is 2.29 bits per heavy atom. The van der Waals surface area contributed by atoms with Gasteiger partial charge in [0.15, 0.2) is 0 Å². The second-order valence-electron chi connectivity index (χ2n) is 6.00. The third-order valence-electron chi connectivity index (χ3n) is 3.74. The molecule has 0 spiro atoms. The van der Waals surface area contributed by atoms with Crippen molar-refractivity contribution in [1.82, 2.24) is 10.2 Å². The molecule has 0 aromatic heterocycles. The third-order valence-corrected chi connectivity index (χ3v) is 4.63. The normalized spacial score (nSPS) is 12.7. The van der Waals surface area contributed by atoms with Crippen molar-refractivity contribution in [2.24, 2.45) is 5.73 Å². The predicted octanol–water partition coefficient (Wildman–Crippen LogP) is 0.469. The fraction of sp³-hybridized carbons (Fsp3) is 0.412. The number of thiol groups is 1. The number of rotatable bonds is 11. The minimum atomic E-state index is -1.23. The molecule has 0 fully saturated rings. The smallest absolute Gasteiger partial charge is 0.323 e. The van der Waals surface area contributed by atoms with Crippen molar-refractivity contribution in [2.75, 3.05) is 12.3 Å². The molecular weight excluding hydrogens is 454 g/mol. The first kappa shape index (κ1) is 23.9. The molecule has 9 nitrogen and oxygen atoms in total. The van der Waals surface area contributed by atoms with Gasteiger partial charge in [-0.2, -0.15) is 12.6 Å². The Hall–Kier alpha value is -2.11. The number of nitrogens with one attached hydrogen (secondary N) is 1. The van der Waals surface area contributed by atoms with Crippen molar-refractivity contribution in [3.63, 3.8) is 0 Å². The van der Waals surface area contributed by atoms with Crippen LogP contribution < -0.4 is 11.1 Å². The number of amides is 2. The number of halogens is 1. The van der Waals surface area contributed by atoms with Crippen LogP contribution in [0.5, 0.6) is 0 Å². The molecule has 2 amide bonds. The number of carbonyl (C=O) groups excluding carboxylic acids is 2. The number of nitrogens with two attached hydrogens (primary N) is 1. The maximum atomic E-state index is 12.7. The van der Waals surface area contributed by atoms with Gasteiger partial charge in [-0.15, -0.1) is 0 Å². The largest absolute Gasteiger partial charge is 0.480 e. The van der Waals surface area contributed by atoms with Gasteiger partial charge in [-0.25, -0.2) is 0 Å². The highest BCUT2D eigenvalue weighted by Gasteiger charge is 2.27. The molecule has 154 valence electrons. The van der Waals surface area contributed by atoms with E-state index in [1.807, 2.05) is 0 Å². The van der Waals surface area contributed by atoms with Gasteiger partial charge in [0.2, 0.25) is 11.8 Å². The van der Waals surface area contributed by atoms with Crippen LogP contribution in [0.1, 0.15) is 18.4 Å². The number of hydrogen-bond acceptors (Lipinski definition) is 6. The SMILES string of the molecule is NC(CCC(=O)NC(CS)C(=O)N(CC(=O)O)Cc1ccc(Br)cc1)C(=O)O. The van der Waals surface area contributed by atoms with Crippen LogP contribution in [0, 0.1) is 0 Å². The first-order valence-electron chi connectivity index (χ1n) is 8.27. The van der Waals surface area contributed by atoms with E-state index in [1.165, 1.54) is 0 Å². The molecule has 28 heavy (non-hydrogen) atoms. The Bertz CT molecular complexity index is 715. The average Bonchev–Trinajstić information content (AvgIpc) is 2.64. The van der Waals surface area contributed by atoms with E-state index < -0.39 is 42.4 Å². The van der Waals surface area contributed by atoms with Crippen molar-refractivity contribution in [3.05, 3.63) is 34.3 Å². The van der Waals surface area contributed by atoms with Gasteiger partial charge in [-0.1, -0.05) is 28.1 Å². The van der Waals surface area contributed by atoms with Crippen LogP contribution in [-0.4, -0.2) is 63.2 Å². The van der Waals surface area contributed by atoms with Crippen molar-refractivity contribution in [1.29, 1.82) is 0 Å². The summed E-state index contributed by atoms with van der Waals surface area (Å²) >= 11 is 7.36. The zero-order valence-electron chi connectivity index (χ0n) is 14.9. The van der Waals surface area contributed by atoms with Gasteiger partial charge in [0.05, 0.1) is 0 Å². The number of carboxylic acids is 2. The lowest BCUT2D eigenvalue weighted by Crippen LogP contribution is -2.50. The van der Waals surface area contributed by atoms with E-state index in [2.05, 4.69) is 33.9 Å². The van der Waals surface area contributed by atoms with E-state index in [-0.39, 0.29) is 25.1 Å². The van der Waals surface area contributed by atoms with Crippen LogP contribution in [0.3, 0.4) is 0 Å². The Balaban J connectivity index is 2.79. The molecule has 0 saturated carbocycles. The first-order valence-corrected chi connectivity index (χ1v) is 9.70. The number of carbonyl (C=O) groups is 4. The summed E-state index contributed by atoms with van der Waals surface area (Å²) in [6.07, 6.45) is -0.275. The molecule has 1 aromatic rings. The summed E-state index contributed by atoms with van der Waals surface area (Å²) < 4.78 is 0.840. The maximum absolute atomic E-state index is 12.7. The lowest BCUT2D eigenvalue weighted by Gasteiger charge is -2.26. The van der Waals surface area contributed by atoms with Gasteiger partial charge < -0.3 is 26.2 Å². The molecule has 1 rings (SSSR count). The summed E-state index contributed by atoms with van der Waals surface area (Å²) in [7, 11) is 0. The number of aliphatic carboxylic acids is 2. The van der Waals surface area contributed by atoms with Crippen LogP contribution in [0.15, 0.2) is 28.7 Å². The van der Waals surface area contributed by atoms with Gasteiger partial charge in [-0.3, -0.25) is 19.2 Å². The number of carboxylic acid groups (broad SMARTS) is 2. The van der Waals surface area contributed by atoms with E-state index in [9.17, 15) is 19.2 Å². The summed E-state index contributed by atoms with van der Waals surface area (Å²) in [5, 5.41) is 20.3. The molecule has 0 radical (unpaired) electrons. The van der Waals surface area contributed by atoms with E-state index >= 15 is 0 Å². The van der Waals surface area contributed by atoms with Gasteiger partial charge in [-0.05, 0) is 24.1 Å². The molecule has 0 heterocycles. The fourth-order valence-electron chi connectivity index (χ4n) is 2.27. The minimum Gasteiger partial charge on any atom is -0.480 e. The number of nitrogens with zero attached hydrogens (tertiary/aromatic N) is 1. The molecule has 0 bridgehead atoms. The number of benzene rings is 1. The van der Waals surface area contributed by atoms with Crippen molar-refractivity contribution < 1.29 is 29.4 Å². The van der Waals surface area contributed by atoms with Gasteiger partial charge in [0.25, 0.3) is 0 Å². The Kier molecular flexibility index (Phi) is 9.97.